The van der Waals surface area contributed by atoms with Crippen LogP contribution in [0.5, 0.6) is 0 Å². The average Bonchev–Trinajstić information content (AvgIpc) is 2.84. The zero-order valence-corrected chi connectivity index (χ0v) is 7.79. The Morgan fingerprint density at radius 2 is 2.15 bits per heavy atom. The summed E-state index contributed by atoms with van der Waals surface area (Å²) in [4.78, 5) is 10.8. The van der Waals surface area contributed by atoms with Crippen molar-refractivity contribution in [1.29, 1.82) is 0 Å². The smallest absolute Gasteiger partial charge is 0.221 e. The third-order valence-electron chi connectivity index (χ3n) is 2.46. The number of carbonyl (C=O) groups excluding carboxylic acids is 1. The van der Waals surface area contributed by atoms with Gasteiger partial charge in [-0.15, -0.1) is 0 Å². The van der Waals surface area contributed by atoms with E-state index in [4.69, 9.17) is 17.3 Å². The first-order chi connectivity index (χ1) is 6.20. The zero-order chi connectivity index (χ0) is 9.42. The highest BCUT2D eigenvalue weighted by Crippen LogP contribution is 2.49. The van der Waals surface area contributed by atoms with Gasteiger partial charge in [-0.1, -0.05) is 29.8 Å². The molecule has 1 aliphatic rings. The Balaban J connectivity index is 2.21. The number of rotatable bonds is 2. The van der Waals surface area contributed by atoms with Crippen LogP contribution in [0, 0.1) is 5.92 Å². The van der Waals surface area contributed by atoms with E-state index in [1.807, 2.05) is 24.3 Å². The van der Waals surface area contributed by atoms with E-state index in [2.05, 4.69) is 0 Å². The molecule has 1 saturated carbocycles. The standard InChI is InChI=1S/C10H10ClNO/c11-9-4-2-1-3-6(9)7-5-8(7)10(12)13/h1-4,7-8H,5H2,(H2,12,13). The lowest BCUT2D eigenvalue weighted by Crippen LogP contribution is -2.13. The predicted molar refractivity (Wildman–Crippen MR) is 51.5 cm³/mol. The minimum Gasteiger partial charge on any atom is -0.369 e. The summed E-state index contributed by atoms with van der Waals surface area (Å²) in [5.74, 6) is 0.0380. The van der Waals surface area contributed by atoms with Gasteiger partial charge in [-0.3, -0.25) is 4.79 Å². The number of hydrogen-bond donors (Lipinski definition) is 1. The molecule has 1 fully saturated rings. The van der Waals surface area contributed by atoms with E-state index in [1.54, 1.807) is 0 Å². The molecule has 68 valence electrons. The van der Waals surface area contributed by atoms with Crippen LogP contribution in [0.1, 0.15) is 17.9 Å². The molecule has 0 saturated heterocycles. The van der Waals surface area contributed by atoms with Crippen molar-refractivity contribution >= 4 is 17.5 Å². The summed E-state index contributed by atoms with van der Waals surface area (Å²) in [6.45, 7) is 0. The van der Waals surface area contributed by atoms with Crippen LogP contribution in [0.25, 0.3) is 0 Å². The van der Waals surface area contributed by atoms with Crippen molar-refractivity contribution in [3.63, 3.8) is 0 Å². The second-order valence-electron chi connectivity index (χ2n) is 3.37. The molecule has 2 N–H and O–H groups in total. The lowest BCUT2D eigenvalue weighted by molar-refractivity contribution is -0.119. The second kappa shape index (κ2) is 3.04. The van der Waals surface area contributed by atoms with E-state index in [0.717, 1.165) is 17.0 Å². The molecule has 1 aliphatic carbocycles. The molecule has 0 bridgehead atoms. The van der Waals surface area contributed by atoms with Crippen LogP contribution >= 0.6 is 11.6 Å². The molecule has 1 amide bonds. The highest BCUT2D eigenvalue weighted by atomic mass is 35.5. The molecule has 2 nitrogen and oxygen atoms in total. The van der Waals surface area contributed by atoms with E-state index in [9.17, 15) is 4.79 Å². The summed E-state index contributed by atoms with van der Waals surface area (Å²) in [5.41, 5.74) is 6.24. The van der Waals surface area contributed by atoms with Crippen LogP contribution in [0.3, 0.4) is 0 Å². The second-order valence-corrected chi connectivity index (χ2v) is 3.78. The summed E-state index contributed by atoms with van der Waals surface area (Å²) in [6, 6.07) is 7.61. The van der Waals surface area contributed by atoms with Crippen LogP contribution in [-0.2, 0) is 4.79 Å². The molecule has 2 atom stereocenters. The van der Waals surface area contributed by atoms with Gasteiger partial charge in [0.1, 0.15) is 0 Å². The summed E-state index contributed by atoms with van der Waals surface area (Å²) in [7, 11) is 0. The van der Waals surface area contributed by atoms with Gasteiger partial charge >= 0.3 is 0 Å². The third kappa shape index (κ3) is 1.54. The zero-order valence-electron chi connectivity index (χ0n) is 7.03. The molecule has 0 radical (unpaired) electrons. The highest BCUT2D eigenvalue weighted by molar-refractivity contribution is 6.31. The van der Waals surface area contributed by atoms with Gasteiger partial charge in [-0.2, -0.15) is 0 Å². The Labute approximate surface area is 81.7 Å². The van der Waals surface area contributed by atoms with Gasteiger partial charge in [0.15, 0.2) is 0 Å². The van der Waals surface area contributed by atoms with Gasteiger partial charge in [-0.05, 0) is 24.0 Å². The lowest BCUT2D eigenvalue weighted by atomic mass is 10.1. The Hall–Kier alpha value is -1.02. The topological polar surface area (TPSA) is 43.1 Å². The molecule has 3 heteroatoms. The first-order valence-corrected chi connectivity index (χ1v) is 4.61. The number of benzene rings is 1. The van der Waals surface area contributed by atoms with Gasteiger partial charge in [0.05, 0.1) is 0 Å². The van der Waals surface area contributed by atoms with Crippen molar-refractivity contribution in [3.05, 3.63) is 34.9 Å². The van der Waals surface area contributed by atoms with Gasteiger partial charge in [0, 0.05) is 10.9 Å². The maximum atomic E-state index is 10.8. The molecular weight excluding hydrogens is 186 g/mol. The fraction of sp³-hybridized carbons (Fsp3) is 0.300. The molecule has 13 heavy (non-hydrogen) atoms. The largest absolute Gasteiger partial charge is 0.369 e. The van der Waals surface area contributed by atoms with Crippen molar-refractivity contribution in [2.45, 2.75) is 12.3 Å². The minimum atomic E-state index is -0.218. The maximum absolute atomic E-state index is 10.8. The molecule has 1 aromatic rings. The molecule has 0 aliphatic heterocycles. The van der Waals surface area contributed by atoms with Crippen LogP contribution in [0.2, 0.25) is 5.02 Å². The third-order valence-corrected chi connectivity index (χ3v) is 2.80. The van der Waals surface area contributed by atoms with E-state index in [0.29, 0.717) is 0 Å². The lowest BCUT2D eigenvalue weighted by Gasteiger charge is -2.00. The van der Waals surface area contributed by atoms with Crippen LogP contribution < -0.4 is 5.73 Å². The summed E-state index contributed by atoms with van der Waals surface area (Å²) >= 11 is 5.98. The average molecular weight is 196 g/mol. The van der Waals surface area contributed by atoms with Crippen molar-refractivity contribution in [2.24, 2.45) is 11.7 Å². The minimum absolute atomic E-state index is 0.0000926. The first-order valence-electron chi connectivity index (χ1n) is 4.24. The number of amides is 1. The monoisotopic (exact) mass is 195 g/mol. The summed E-state index contributed by atoms with van der Waals surface area (Å²) in [5, 5.41) is 0.733. The van der Waals surface area contributed by atoms with E-state index in [-0.39, 0.29) is 17.7 Å². The number of carbonyl (C=O) groups is 1. The Bertz CT molecular complexity index is 351. The van der Waals surface area contributed by atoms with E-state index >= 15 is 0 Å². The molecular formula is C10H10ClNO. The molecule has 1 aromatic carbocycles. The van der Waals surface area contributed by atoms with Gasteiger partial charge in [0.25, 0.3) is 0 Å². The van der Waals surface area contributed by atoms with Crippen LogP contribution in [0.4, 0.5) is 0 Å². The van der Waals surface area contributed by atoms with Crippen molar-refractivity contribution in [2.75, 3.05) is 0 Å². The highest BCUT2D eigenvalue weighted by Gasteiger charge is 2.43. The van der Waals surface area contributed by atoms with Crippen molar-refractivity contribution in [1.82, 2.24) is 0 Å². The van der Waals surface area contributed by atoms with Crippen molar-refractivity contribution < 1.29 is 4.79 Å². The Morgan fingerprint density at radius 3 is 2.69 bits per heavy atom. The summed E-state index contributed by atoms with van der Waals surface area (Å²) in [6.07, 6.45) is 0.846. The number of nitrogens with two attached hydrogens (primary N) is 1. The normalized spacial score (nSPS) is 25.6. The van der Waals surface area contributed by atoms with Gasteiger partial charge in [0.2, 0.25) is 5.91 Å². The van der Waals surface area contributed by atoms with Gasteiger partial charge < -0.3 is 5.73 Å². The van der Waals surface area contributed by atoms with Gasteiger partial charge in [-0.25, -0.2) is 0 Å². The van der Waals surface area contributed by atoms with Crippen LogP contribution in [-0.4, -0.2) is 5.91 Å². The fourth-order valence-corrected chi connectivity index (χ4v) is 1.90. The number of halogens is 1. The molecule has 0 aromatic heterocycles. The SMILES string of the molecule is NC(=O)C1CC1c1ccccc1Cl. The molecule has 0 spiro atoms. The molecule has 2 unspecified atom stereocenters. The quantitative estimate of drug-likeness (QED) is 0.770. The molecule has 0 heterocycles. The Kier molecular flexibility index (Phi) is 2.00. The Morgan fingerprint density at radius 1 is 1.46 bits per heavy atom. The van der Waals surface area contributed by atoms with Crippen molar-refractivity contribution in [3.8, 4) is 0 Å². The fourth-order valence-electron chi connectivity index (χ4n) is 1.63. The maximum Gasteiger partial charge on any atom is 0.221 e. The number of hydrogen-bond acceptors (Lipinski definition) is 1. The number of primary amides is 1. The van der Waals surface area contributed by atoms with Crippen LogP contribution in [0.15, 0.2) is 24.3 Å². The first kappa shape index (κ1) is 8.57. The van der Waals surface area contributed by atoms with E-state index < -0.39 is 0 Å². The van der Waals surface area contributed by atoms with E-state index in [1.165, 1.54) is 0 Å². The predicted octanol–water partition coefficient (Wildman–Crippen LogP) is 1.93. The molecule has 2 rings (SSSR count). The summed E-state index contributed by atoms with van der Waals surface area (Å²) < 4.78 is 0.